The highest BCUT2D eigenvalue weighted by Crippen LogP contribution is 2.23. The van der Waals surface area contributed by atoms with Crippen molar-refractivity contribution in [3.63, 3.8) is 0 Å². The molecule has 0 saturated carbocycles. The Bertz CT molecular complexity index is 505. The molecule has 0 aliphatic heterocycles. The van der Waals surface area contributed by atoms with Crippen molar-refractivity contribution in [1.82, 2.24) is 9.97 Å². The van der Waals surface area contributed by atoms with E-state index >= 15 is 0 Å². The van der Waals surface area contributed by atoms with Gasteiger partial charge in [0.2, 0.25) is 0 Å². The van der Waals surface area contributed by atoms with Crippen molar-refractivity contribution in [3.05, 3.63) is 35.1 Å². The number of carbonyl (C=O) groups is 1. The Morgan fingerprint density at radius 3 is 2.88 bits per heavy atom. The fourth-order valence-electron chi connectivity index (χ4n) is 1.20. The Hall–Kier alpha value is -1.75. The highest BCUT2D eigenvalue weighted by Gasteiger charge is 2.11. The van der Waals surface area contributed by atoms with Gasteiger partial charge in [-0.05, 0) is 19.1 Å². The molecule has 0 amide bonds. The molecule has 82 valence electrons. The smallest absolute Gasteiger partial charge is 0.357 e. The summed E-state index contributed by atoms with van der Waals surface area (Å²) in [5, 5.41) is 2.45. The van der Waals surface area contributed by atoms with Crippen molar-refractivity contribution < 1.29 is 9.53 Å². The predicted octanol–water partition coefficient (Wildman–Crippen LogP) is 2.30. The summed E-state index contributed by atoms with van der Waals surface area (Å²) in [5.74, 6) is -0.414. The van der Waals surface area contributed by atoms with Crippen molar-refractivity contribution in [2.45, 2.75) is 6.92 Å². The van der Waals surface area contributed by atoms with Gasteiger partial charge in [0.15, 0.2) is 5.69 Å². The molecule has 2 aromatic rings. The first-order valence-electron chi connectivity index (χ1n) is 4.67. The molecular formula is C11H10N2O2S. The first-order chi connectivity index (χ1) is 7.70. The molecule has 5 heteroatoms. The molecule has 0 radical (unpaired) electrons. The average Bonchev–Trinajstić information content (AvgIpc) is 2.78. The summed E-state index contributed by atoms with van der Waals surface area (Å²) in [7, 11) is 1.34. The molecule has 0 aliphatic rings. The minimum absolute atomic E-state index is 0.336. The summed E-state index contributed by atoms with van der Waals surface area (Å²) in [6.45, 7) is 1.92. The van der Waals surface area contributed by atoms with Crippen molar-refractivity contribution >= 4 is 17.3 Å². The van der Waals surface area contributed by atoms with E-state index in [1.54, 1.807) is 11.6 Å². The van der Waals surface area contributed by atoms with E-state index in [1.807, 2.05) is 19.1 Å². The van der Waals surface area contributed by atoms with Gasteiger partial charge in [-0.1, -0.05) is 0 Å². The number of ether oxygens (including phenoxy) is 1. The lowest BCUT2D eigenvalue weighted by atomic mass is 10.3. The monoisotopic (exact) mass is 234 g/mol. The van der Waals surface area contributed by atoms with Gasteiger partial charge in [0.05, 0.1) is 7.11 Å². The Kier molecular flexibility index (Phi) is 2.96. The van der Waals surface area contributed by atoms with E-state index in [4.69, 9.17) is 0 Å². The van der Waals surface area contributed by atoms with Crippen LogP contribution in [0, 0.1) is 6.92 Å². The van der Waals surface area contributed by atoms with Crippen LogP contribution in [-0.4, -0.2) is 23.0 Å². The number of thiazole rings is 1. The third-order valence-electron chi connectivity index (χ3n) is 2.06. The molecule has 2 heterocycles. The normalized spacial score (nSPS) is 10.1. The van der Waals surface area contributed by atoms with Crippen LogP contribution in [0.3, 0.4) is 0 Å². The van der Waals surface area contributed by atoms with Gasteiger partial charge in [0.1, 0.15) is 5.01 Å². The lowest BCUT2D eigenvalue weighted by molar-refractivity contribution is 0.0595. The number of esters is 1. The third kappa shape index (κ3) is 2.09. The van der Waals surface area contributed by atoms with E-state index in [0.29, 0.717) is 5.69 Å². The second-order valence-electron chi connectivity index (χ2n) is 3.22. The molecule has 0 atom stereocenters. The standard InChI is InChI=1S/C11H10N2O2S/c1-7-3-4-8(5-12-7)10-13-9(6-16-10)11(14)15-2/h3-6H,1-2H3. The van der Waals surface area contributed by atoms with E-state index in [0.717, 1.165) is 16.3 Å². The maximum absolute atomic E-state index is 11.2. The number of hydrogen-bond donors (Lipinski definition) is 0. The number of pyridine rings is 1. The molecule has 0 aromatic carbocycles. The lowest BCUT2D eigenvalue weighted by Gasteiger charge is -1.96. The topological polar surface area (TPSA) is 52.1 Å². The van der Waals surface area contributed by atoms with Crippen molar-refractivity contribution in [1.29, 1.82) is 0 Å². The van der Waals surface area contributed by atoms with Crippen LogP contribution < -0.4 is 0 Å². The zero-order valence-corrected chi connectivity index (χ0v) is 9.75. The summed E-state index contributed by atoms with van der Waals surface area (Å²) >= 11 is 1.40. The van der Waals surface area contributed by atoms with Crippen LogP contribution in [0.4, 0.5) is 0 Å². The van der Waals surface area contributed by atoms with Gasteiger partial charge in [-0.15, -0.1) is 11.3 Å². The molecule has 16 heavy (non-hydrogen) atoms. The molecule has 2 aromatic heterocycles. The van der Waals surface area contributed by atoms with Gasteiger partial charge in [-0.3, -0.25) is 4.98 Å². The SMILES string of the molecule is COC(=O)c1csc(-c2ccc(C)nc2)n1. The summed E-state index contributed by atoms with van der Waals surface area (Å²) in [6.07, 6.45) is 1.75. The quantitative estimate of drug-likeness (QED) is 0.748. The molecule has 4 nitrogen and oxygen atoms in total. The zero-order valence-electron chi connectivity index (χ0n) is 8.93. The summed E-state index contributed by atoms with van der Waals surface area (Å²) in [5.41, 5.74) is 2.20. The summed E-state index contributed by atoms with van der Waals surface area (Å²) in [6, 6.07) is 3.84. The van der Waals surface area contributed by atoms with Gasteiger partial charge in [-0.25, -0.2) is 9.78 Å². The molecule has 0 fully saturated rings. The molecule has 0 saturated heterocycles. The number of methoxy groups -OCH3 is 1. The van der Waals surface area contributed by atoms with Crippen LogP contribution in [0.15, 0.2) is 23.7 Å². The van der Waals surface area contributed by atoms with Crippen molar-refractivity contribution in [2.24, 2.45) is 0 Å². The number of nitrogens with zero attached hydrogens (tertiary/aromatic N) is 2. The van der Waals surface area contributed by atoms with E-state index in [-0.39, 0.29) is 0 Å². The lowest BCUT2D eigenvalue weighted by Crippen LogP contribution is -2.00. The minimum atomic E-state index is -0.414. The van der Waals surface area contributed by atoms with Crippen molar-refractivity contribution in [3.8, 4) is 10.6 Å². The summed E-state index contributed by atoms with van der Waals surface area (Å²) < 4.78 is 4.59. The third-order valence-corrected chi connectivity index (χ3v) is 2.95. The fraction of sp³-hybridized carbons (Fsp3) is 0.182. The van der Waals surface area contributed by atoms with E-state index in [1.165, 1.54) is 18.4 Å². The Balaban J connectivity index is 2.31. The molecule has 0 aliphatic carbocycles. The second-order valence-corrected chi connectivity index (χ2v) is 4.08. The van der Waals surface area contributed by atoms with Gasteiger partial charge in [0.25, 0.3) is 0 Å². The number of aromatic nitrogens is 2. The summed E-state index contributed by atoms with van der Waals surface area (Å²) in [4.78, 5) is 19.6. The largest absolute Gasteiger partial charge is 0.464 e. The van der Waals surface area contributed by atoms with E-state index in [9.17, 15) is 4.79 Å². The molecular weight excluding hydrogens is 224 g/mol. The van der Waals surface area contributed by atoms with Crippen LogP contribution >= 0.6 is 11.3 Å². The first kappa shape index (κ1) is 10.8. The molecule has 2 rings (SSSR count). The number of hydrogen-bond acceptors (Lipinski definition) is 5. The predicted molar refractivity (Wildman–Crippen MR) is 61.4 cm³/mol. The second kappa shape index (κ2) is 4.40. The van der Waals surface area contributed by atoms with Crippen LogP contribution in [0.5, 0.6) is 0 Å². The van der Waals surface area contributed by atoms with E-state index in [2.05, 4.69) is 14.7 Å². The maximum atomic E-state index is 11.2. The zero-order chi connectivity index (χ0) is 11.5. The molecule has 0 unspecified atom stereocenters. The van der Waals surface area contributed by atoms with Gasteiger partial charge in [-0.2, -0.15) is 0 Å². The number of aryl methyl sites for hydroxylation is 1. The first-order valence-corrected chi connectivity index (χ1v) is 5.55. The number of carbonyl (C=O) groups excluding carboxylic acids is 1. The fourth-order valence-corrected chi connectivity index (χ4v) is 1.98. The highest BCUT2D eigenvalue weighted by molar-refractivity contribution is 7.13. The van der Waals surface area contributed by atoms with Crippen LogP contribution in [0.25, 0.3) is 10.6 Å². The molecule has 0 spiro atoms. The average molecular weight is 234 g/mol. The van der Waals surface area contributed by atoms with Crippen LogP contribution in [0.2, 0.25) is 0 Å². The Morgan fingerprint density at radius 2 is 2.25 bits per heavy atom. The van der Waals surface area contributed by atoms with Crippen LogP contribution in [0.1, 0.15) is 16.2 Å². The van der Waals surface area contributed by atoms with Crippen molar-refractivity contribution in [2.75, 3.05) is 7.11 Å². The van der Waals surface area contributed by atoms with Gasteiger partial charge >= 0.3 is 5.97 Å². The van der Waals surface area contributed by atoms with E-state index < -0.39 is 5.97 Å². The van der Waals surface area contributed by atoms with Gasteiger partial charge < -0.3 is 4.74 Å². The maximum Gasteiger partial charge on any atom is 0.357 e. The Labute approximate surface area is 96.9 Å². The van der Waals surface area contributed by atoms with Gasteiger partial charge in [0, 0.05) is 22.8 Å². The minimum Gasteiger partial charge on any atom is -0.464 e. The Morgan fingerprint density at radius 1 is 1.44 bits per heavy atom. The van der Waals surface area contributed by atoms with Crippen LogP contribution in [-0.2, 0) is 4.74 Å². The molecule has 0 bridgehead atoms. The molecule has 0 N–H and O–H groups in total. The highest BCUT2D eigenvalue weighted by atomic mass is 32.1. The number of rotatable bonds is 2.